The number of aromatic nitrogens is 4. The zero-order valence-corrected chi connectivity index (χ0v) is 44.8. The SMILES string of the molecule is O=C(CCC1(c2ccc(Br)cc2)c2ccccc2-c2nc(C3(O)CCCCC3N3CCN(C(=O)CCC4(c5ccc(Br)cc5)c5ccccc5-c5nccn54)CC3)cn21)N1CCN(C2CN3CCC2CC3)CC1. The lowest BCUT2D eigenvalue weighted by Gasteiger charge is -2.51. The molecule has 5 atom stereocenters. The molecule has 378 valence electrons. The molecule has 6 fully saturated rings. The second-order valence-corrected chi connectivity index (χ2v) is 23.8. The van der Waals surface area contributed by atoms with E-state index in [-0.39, 0.29) is 17.9 Å². The van der Waals surface area contributed by atoms with Gasteiger partial charge in [0.2, 0.25) is 11.8 Å². The summed E-state index contributed by atoms with van der Waals surface area (Å²) < 4.78 is 6.59. The maximum atomic E-state index is 14.5. The zero-order chi connectivity index (χ0) is 49.5. The Morgan fingerprint density at radius 2 is 1.16 bits per heavy atom. The molecule has 12 nitrogen and oxygen atoms in total. The molecule has 5 saturated heterocycles. The standard InChI is InChI=1S/C59H65Br2N9O3/c60-44-16-12-42(13-17-44)57(48-9-3-1-7-46(48)55-62-27-30-69(55)57)25-20-53(71)68-37-33-66(34-38-68)52-11-5-6-24-59(52,73)51-40-70-56(63-51)47-8-2-4-10-49(47)58(70,43-14-18-45(61)19-15-43)26-21-54(72)67-35-31-65(32-36-67)50-39-64-28-22-41(50)23-29-64/h1-4,7-10,12-19,27,30,40-41,50,52,73H,5-6,11,20-26,28-29,31-39H2. The van der Waals surface area contributed by atoms with Crippen LogP contribution in [0.2, 0.25) is 0 Å². The van der Waals surface area contributed by atoms with Gasteiger partial charge in [0.1, 0.15) is 17.2 Å². The van der Waals surface area contributed by atoms with E-state index in [1.807, 2.05) is 11.1 Å². The molecule has 6 aromatic rings. The fraction of sp³-hybridized carbons (Fsp3) is 0.458. The van der Waals surface area contributed by atoms with Crippen LogP contribution in [-0.4, -0.2) is 145 Å². The predicted octanol–water partition coefficient (Wildman–Crippen LogP) is 8.92. The summed E-state index contributed by atoms with van der Waals surface area (Å²) in [4.78, 5) is 51.0. The van der Waals surface area contributed by atoms with Crippen LogP contribution < -0.4 is 0 Å². The number of halogens is 2. The van der Waals surface area contributed by atoms with Crippen molar-refractivity contribution in [3.63, 3.8) is 0 Å². The van der Waals surface area contributed by atoms with Crippen LogP contribution in [0.25, 0.3) is 22.8 Å². The fourth-order valence-electron chi connectivity index (χ4n) is 14.8. The van der Waals surface area contributed by atoms with E-state index in [1.54, 1.807) is 0 Å². The first-order chi connectivity index (χ1) is 35.6. The van der Waals surface area contributed by atoms with Crippen molar-refractivity contribution in [2.45, 2.75) is 93.0 Å². The number of piperazine rings is 2. The van der Waals surface area contributed by atoms with Crippen molar-refractivity contribution >= 4 is 43.7 Å². The predicted molar refractivity (Wildman–Crippen MR) is 290 cm³/mol. The summed E-state index contributed by atoms with van der Waals surface area (Å²) in [5.41, 5.74) is 4.96. The topological polar surface area (TPSA) is 106 Å². The first-order valence-electron chi connectivity index (χ1n) is 27.0. The number of amides is 2. The van der Waals surface area contributed by atoms with Gasteiger partial charge in [0.05, 0.1) is 16.8 Å². The molecule has 14 heteroatoms. The minimum absolute atomic E-state index is 0.150. The molecular weight excluding hydrogens is 1040 g/mol. The number of hydrogen-bond acceptors (Lipinski definition) is 8. The summed E-state index contributed by atoms with van der Waals surface area (Å²) in [5, 5.41) is 13.3. The van der Waals surface area contributed by atoms with Gasteiger partial charge in [-0.15, -0.1) is 0 Å². The molecule has 4 aromatic carbocycles. The highest BCUT2D eigenvalue weighted by Gasteiger charge is 2.52. The molecule has 5 unspecified atom stereocenters. The molecular formula is C59H65Br2N9O3. The van der Waals surface area contributed by atoms with Crippen LogP contribution >= 0.6 is 31.9 Å². The second-order valence-electron chi connectivity index (χ2n) is 22.0. The van der Waals surface area contributed by atoms with Gasteiger partial charge in [-0.25, -0.2) is 9.97 Å². The highest BCUT2D eigenvalue weighted by Crippen LogP contribution is 2.53. The molecule has 14 rings (SSSR count). The van der Waals surface area contributed by atoms with Crippen LogP contribution in [0.4, 0.5) is 0 Å². The number of piperidine rings is 3. The third kappa shape index (κ3) is 7.94. The number of carbonyl (C=O) groups is 2. The third-order valence-electron chi connectivity index (χ3n) is 18.6. The van der Waals surface area contributed by atoms with E-state index in [0.29, 0.717) is 70.0 Å². The second kappa shape index (κ2) is 19.0. The van der Waals surface area contributed by atoms with Gasteiger partial charge in [-0.2, -0.15) is 0 Å². The van der Waals surface area contributed by atoms with Gasteiger partial charge in [-0.3, -0.25) is 19.4 Å². The Morgan fingerprint density at radius 1 is 0.616 bits per heavy atom. The number of hydrogen-bond donors (Lipinski definition) is 1. The van der Waals surface area contributed by atoms with E-state index in [1.165, 1.54) is 38.0 Å². The van der Waals surface area contributed by atoms with Crippen molar-refractivity contribution in [2.75, 3.05) is 72.0 Å². The number of carbonyl (C=O) groups excluding carboxylic acids is 2. The Labute approximate surface area is 445 Å². The molecule has 0 radical (unpaired) electrons. The van der Waals surface area contributed by atoms with Gasteiger partial charge < -0.3 is 28.9 Å². The molecule has 2 amide bonds. The van der Waals surface area contributed by atoms with E-state index in [0.717, 1.165) is 99.8 Å². The summed E-state index contributed by atoms with van der Waals surface area (Å²) in [6.45, 7) is 9.67. The lowest BCUT2D eigenvalue weighted by molar-refractivity contribution is -0.136. The maximum Gasteiger partial charge on any atom is 0.222 e. The van der Waals surface area contributed by atoms with Gasteiger partial charge in [0.25, 0.3) is 0 Å². The highest BCUT2D eigenvalue weighted by atomic mass is 79.9. The van der Waals surface area contributed by atoms with Gasteiger partial charge in [0.15, 0.2) is 0 Å². The van der Waals surface area contributed by atoms with Crippen molar-refractivity contribution in [3.8, 4) is 22.8 Å². The van der Waals surface area contributed by atoms with Crippen LogP contribution in [0.15, 0.2) is 125 Å². The Balaban J connectivity index is 0.737. The smallest absolute Gasteiger partial charge is 0.222 e. The maximum absolute atomic E-state index is 14.5. The lowest BCUT2D eigenvalue weighted by Crippen LogP contribution is -2.61. The van der Waals surface area contributed by atoms with Crippen LogP contribution in [0.5, 0.6) is 0 Å². The summed E-state index contributed by atoms with van der Waals surface area (Å²) >= 11 is 7.35. The Bertz CT molecular complexity index is 3030. The van der Waals surface area contributed by atoms with Gasteiger partial charge in [0, 0.05) is 122 Å². The fourth-order valence-corrected chi connectivity index (χ4v) is 15.3. The van der Waals surface area contributed by atoms with E-state index >= 15 is 0 Å². The number of nitrogens with zero attached hydrogens (tertiary/aromatic N) is 9. The molecule has 9 heterocycles. The monoisotopic (exact) mass is 1110 g/mol. The van der Waals surface area contributed by atoms with Crippen molar-refractivity contribution < 1.29 is 14.7 Å². The summed E-state index contributed by atoms with van der Waals surface area (Å²) in [6, 6.07) is 34.6. The molecule has 1 N–H and O–H groups in total. The highest BCUT2D eigenvalue weighted by molar-refractivity contribution is 9.10. The number of aliphatic hydroxyl groups is 1. The van der Waals surface area contributed by atoms with Crippen molar-refractivity contribution in [3.05, 3.63) is 153 Å². The average Bonchev–Trinajstić information content (AvgIpc) is 4.22. The Kier molecular flexibility index (Phi) is 12.4. The van der Waals surface area contributed by atoms with Crippen molar-refractivity contribution in [1.29, 1.82) is 0 Å². The molecule has 1 aliphatic carbocycles. The first kappa shape index (κ1) is 47.7. The average molecular weight is 1110 g/mol. The first-order valence-corrected chi connectivity index (χ1v) is 28.6. The molecule has 2 bridgehead atoms. The van der Waals surface area contributed by atoms with E-state index in [4.69, 9.17) is 9.97 Å². The lowest BCUT2D eigenvalue weighted by atomic mass is 9.76. The number of imidazole rings is 2. The van der Waals surface area contributed by atoms with Crippen LogP contribution in [0, 0.1) is 5.92 Å². The molecule has 8 aliphatic rings. The van der Waals surface area contributed by atoms with Crippen molar-refractivity contribution in [2.24, 2.45) is 5.92 Å². The van der Waals surface area contributed by atoms with E-state index in [2.05, 4.69) is 170 Å². The van der Waals surface area contributed by atoms with Crippen LogP contribution in [0.1, 0.15) is 92.2 Å². The molecule has 7 aliphatic heterocycles. The number of rotatable bonds is 11. The number of benzene rings is 4. The molecule has 2 aromatic heterocycles. The largest absolute Gasteiger partial charge is 0.382 e. The summed E-state index contributed by atoms with van der Waals surface area (Å²) in [6.07, 6.45) is 14.0. The quantitative estimate of drug-likeness (QED) is 0.137. The van der Waals surface area contributed by atoms with Crippen molar-refractivity contribution in [1.82, 2.24) is 43.6 Å². The van der Waals surface area contributed by atoms with Crippen LogP contribution in [0.3, 0.4) is 0 Å². The molecule has 73 heavy (non-hydrogen) atoms. The minimum atomic E-state index is -1.19. The summed E-state index contributed by atoms with van der Waals surface area (Å²) in [5.74, 6) is 2.92. The van der Waals surface area contributed by atoms with E-state index in [9.17, 15) is 14.7 Å². The normalized spacial score (nSPS) is 28.7. The zero-order valence-electron chi connectivity index (χ0n) is 41.6. The Morgan fingerprint density at radius 3 is 1.74 bits per heavy atom. The minimum Gasteiger partial charge on any atom is -0.382 e. The van der Waals surface area contributed by atoms with Gasteiger partial charge >= 0.3 is 0 Å². The molecule has 1 saturated carbocycles. The Hall–Kier alpha value is -4.96. The van der Waals surface area contributed by atoms with Gasteiger partial charge in [-0.1, -0.05) is 117 Å². The summed E-state index contributed by atoms with van der Waals surface area (Å²) in [7, 11) is 0. The van der Waals surface area contributed by atoms with E-state index < -0.39 is 16.7 Å². The third-order valence-corrected chi connectivity index (χ3v) is 19.6. The number of fused-ring (bicyclic) bond motifs is 9. The van der Waals surface area contributed by atoms with Crippen LogP contribution in [-0.2, 0) is 26.3 Å². The van der Waals surface area contributed by atoms with Gasteiger partial charge in [-0.05, 0) is 104 Å². The molecule has 0 spiro atoms.